The van der Waals surface area contributed by atoms with Crippen molar-refractivity contribution in [1.82, 2.24) is 0 Å². The van der Waals surface area contributed by atoms with Crippen LogP contribution in [0.3, 0.4) is 0 Å². The molecular weight excluding hydrogens is 140 g/mol. The third kappa shape index (κ3) is 1.05. The van der Waals surface area contributed by atoms with Gasteiger partial charge >= 0.3 is 5.97 Å². The van der Waals surface area contributed by atoms with Gasteiger partial charge in [0.15, 0.2) is 0 Å². The molecule has 3 rings (SSSR count). The number of ether oxygens (including phenoxy) is 1. The quantitative estimate of drug-likeness (QED) is 0.579. The molecule has 0 aromatic carbocycles. The molecule has 2 bridgehead atoms. The summed E-state index contributed by atoms with van der Waals surface area (Å²) in [5.41, 5.74) is 0.414. The minimum atomic E-state index is 0.00523. The summed E-state index contributed by atoms with van der Waals surface area (Å²) in [5, 5.41) is 0. The standard InChI is InChI=1S/C9H14O2/c1-2-11-8(10)6-9-3-7(4-9)5-9/h7H,2-6H2,1H3. The average Bonchev–Trinajstić information content (AvgIpc) is 1.77. The second-order valence-electron chi connectivity index (χ2n) is 3.96. The van der Waals surface area contributed by atoms with Gasteiger partial charge < -0.3 is 4.74 Å². The zero-order chi connectivity index (χ0) is 7.90. The Bertz CT molecular complexity index is 169. The molecule has 0 aromatic heterocycles. The number of hydrogen-bond acceptors (Lipinski definition) is 2. The van der Waals surface area contributed by atoms with E-state index in [-0.39, 0.29) is 5.97 Å². The van der Waals surface area contributed by atoms with Gasteiger partial charge in [-0.05, 0) is 37.5 Å². The molecule has 3 fully saturated rings. The van der Waals surface area contributed by atoms with Crippen LogP contribution >= 0.6 is 0 Å². The zero-order valence-electron chi connectivity index (χ0n) is 6.93. The van der Waals surface area contributed by atoms with Crippen LogP contribution in [0.1, 0.15) is 32.6 Å². The number of esters is 1. The molecule has 0 amide bonds. The van der Waals surface area contributed by atoms with Crippen molar-refractivity contribution in [2.45, 2.75) is 32.6 Å². The van der Waals surface area contributed by atoms with Crippen LogP contribution in [0.2, 0.25) is 0 Å². The lowest BCUT2D eigenvalue weighted by molar-refractivity contribution is -0.163. The predicted molar refractivity (Wildman–Crippen MR) is 41.0 cm³/mol. The normalized spacial score (nSPS) is 38.8. The van der Waals surface area contributed by atoms with Crippen molar-refractivity contribution in [3.8, 4) is 0 Å². The maximum absolute atomic E-state index is 11.1. The number of rotatable bonds is 3. The van der Waals surface area contributed by atoms with Crippen molar-refractivity contribution >= 4 is 5.97 Å². The van der Waals surface area contributed by atoms with E-state index >= 15 is 0 Å². The fraction of sp³-hybridized carbons (Fsp3) is 0.889. The molecule has 0 unspecified atom stereocenters. The molecular formula is C9H14O2. The Balaban J connectivity index is 1.76. The summed E-state index contributed by atoms with van der Waals surface area (Å²) in [7, 11) is 0. The van der Waals surface area contributed by atoms with Crippen LogP contribution in [0.5, 0.6) is 0 Å². The molecule has 11 heavy (non-hydrogen) atoms. The summed E-state index contributed by atoms with van der Waals surface area (Å²) >= 11 is 0. The van der Waals surface area contributed by atoms with Crippen molar-refractivity contribution < 1.29 is 9.53 Å². The summed E-state index contributed by atoms with van der Waals surface area (Å²) in [6.07, 6.45) is 4.53. The van der Waals surface area contributed by atoms with E-state index in [4.69, 9.17) is 4.74 Å². The zero-order valence-corrected chi connectivity index (χ0v) is 6.93. The van der Waals surface area contributed by atoms with E-state index in [2.05, 4.69) is 0 Å². The van der Waals surface area contributed by atoms with Gasteiger partial charge in [-0.15, -0.1) is 0 Å². The Morgan fingerprint density at radius 3 is 2.55 bits per heavy atom. The van der Waals surface area contributed by atoms with Crippen molar-refractivity contribution in [2.75, 3.05) is 6.61 Å². The molecule has 0 N–H and O–H groups in total. The van der Waals surface area contributed by atoms with E-state index in [0.29, 0.717) is 18.4 Å². The van der Waals surface area contributed by atoms with Gasteiger partial charge in [0.05, 0.1) is 13.0 Å². The second kappa shape index (κ2) is 2.23. The molecule has 0 aromatic rings. The lowest BCUT2D eigenvalue weighted by Gasteiger charge is -2.61. The summed E-state index contributed by atoms with van der Waals surface area (Å²) in [5.74, 6) is 0.968. The van der Waals surface area contributed by atoms with Gasteiger partial charge in [0.2, 0.25) is 0 Å². The highest BCUT2D eigenvalue weighted by Gasteiger charge is 2.57. The Hall–Kier alpha value is -0.530. The molecule has 0 saturated heterocycles. The minimum Gasteiger partial charge on any atom is -0.466 e. The summed E-state index contributed by atoms with van der Waals surface area (Å²) < 4.78 is 4.90. The minimum absolute atomic E-state index is 0.00523. The third-order valence-electron chi connectivity index (χ3n) is 2.99. The van der Waals surface area contributed by atoms with Crippen LogP contribution in [-0.2, 0) is 9.53 Å². The van der Waals surface area contributed by atoms with Gasteiger partial charge in [0, 0.05) is 0 Å². The molecule has 3 saturated carbocycles. The fourth-order valence-corrected chi connectivity index (χ4v) is 2.39. The molecule has 0 heterocycles. The molecule has 0 spiro atoms. The highest BCUT2D eigenvalue weighted by atomic mass is 16.5. The maximum atomic E-state index is 11.1. The largest absolute Gasteiger partial charge is 0.466 e. The fourth-order valence-electron chi connectivity index (χ4n) is 2.39. The van der Waals surface area contributed by atoms with E-state index in [1.165, 1.54) is 19.3 Å². The Morgan fingerprint density at radius 2 is 2.18 bits per heavy atom. The molecule has 2 heteroatoms. The first kappa shape index (κ1) is 7.14. The maximum Gasteiger partial charge on any atom is 0.306 e. The lowest BCUT2D eigenvalue weighted by atomic mass is 9.43. The summed E-state index contributed by atoms with van der Waals surface area (Å²) in [6, 6.07) is 0. The second-order valence-corrected chi connectivity index (χ2v) is 3.96. The number of carbonyl (C=O) groups is 1. The predicted octanol–water partition coefficient (Wildman–Crippen LogP) is 1.74. The molecule has 3 aliphatic carbocycles. The highest BCUT2D eigenvalue weighted by Crippen LogP contribution is 2.66. The van der Waals surface area contributed by atoms with Crippen LogP contribution < -0.4 is 0 Å². The summed E-state index contributed by atoms with van der Waals surface area (Å²) in [4.78, 5) is 11.1. The van der Waals surface area contributed by atoms with Gasteiger partial charge in [-0.25, -0.2) is 0 Å². The van der Waals surface area contributed by atoms with Crippen LogP contribution in [-0.4, -0.2) is 12.6 Å². The Kier molecular flexibility index (Phi) is 1.44. The van der Waals surface area contributed by atoms with Gasteiger partial charge in [0.1, 0.15) is 0 Å². The van der Waals surface area contributed by atoms with E-state index in [9.17, 15) is 4.79 Å². The van der Waals surface area contributed by atoms with Gasteiger partial charge in [-0.1, -0.05) is 0 Å². The van der Waals surface area contributed by atoms with E-state index < -0.39 is 0 Å². The van der Waals surface area contributed by atoms with Crippen molar-refractivity contribution in [1.29, 1.82) is 0 Å². The number of hydrogen-bond donors (Lipinski definition) is 0. The molecule has 2 nitrogen and oxygen atoms in total. The van der Waals surface area contributed by atoms with Crippen LogP contribution in [0.15, 0.2) is 0 Å². The Labute approximate surface area is 66.9 Å². The van der Waals surface area contributed by atoms with E-state index in [1.807, 2.05) is 6.92 Å². The van der Waals surface area contributed by atoms with Gasteiger partial charge in [-0.3, -0.25) is 4.79 Å². The van der Waals surface area contributed by atoms with Gasteiger partial charge in [-0.2, -0.15) is 0 Å². The molecule has 3 aliphatic rings. The topological polar surface area (TPSA) is 26.3 Å². The monoisotopic (exact) mass is 154 g/mol. The van der Waals surface area contributed by atoms with E-state index in [1.54, 1.807) is 0 Å². The Morgan fingerprint density at radius 1 is 1.55 bits per heavy atom. The van der Waals surface area contributed by atoms with Crippen molar-refractivity contribution in [3.05, 3.63) is 0 Å². The highest BCUT2D eigenvalue weighted by molar-refractivity contribution is 5.70. The lowest BCUT2D eigenvalue weighted by Crippen LogP contribution is -2.52. The first-order valence-corrected chi connectivity index (χ1v) is 4.40. The van der Waals surface area contributed by atoms with Crippen LogP contribution in [0, 0.1) is 11.3 Å². The first-order valence-electron chi connectivity index (χ1n) is 4.40. The SMILES string of the molecule is CCOC(=O)CC12CC(C1)C2. The van der Waals surface area contributed by atoms with Crippen molar-refractivity contribution in [2.24, 2.45) is 11.3 Å². The molecule has 0 atom stereocenters. The molecule has 0 aliphatic heterocycles. The molecule has 0 radical (unpaired) electrons. The average molecular weight is 154 g/mol. The first-order chi connectivity index (χ1) is 5.24. The van der Waals surface area contributed by atoms with E-state index in [0.717, 1.165) is 5.92 Å². The smallest absolute Gasteiger partial charge is 0.306 e. The molecule has 62 valence electrons. The van der Waals surface area contributed by atoms with Crippen LogP contribution in [0.25, 0.3) is 0 Å². The van der Waals surface area contributed by atoms with Gasteiger partial charge in [0.25, 0.3) is 0 Å². The number of carbonyl (C=O) groups excluding carboxylic acids is 1. The van der Waals surface area contributed by atoms with Crippen LogP contribution in [0.4, 0.5) is 0 Å². The third-order valence-corrected chi connectivity index (χ3v) is 2.99. The van der Waals surface area contributed by atoms with Crippen molar-refractivity contribution in [3.63, 3.8) is 0 Å². The summed E-state index contributed by atoms with van der Waals surface area (Å²) in [6.45, 7) is 2.39.